The van der Waals surface area contributed by atoms with E-state index < -0.39 is 6.10 Å². The number of benzene rings is 1. The number of hydrogen-bond acceptors (Lipinski definition) is 4. The minimum absolute atomic E-state index is 0.392. The van der Waals surface area contributed by atoms with E-state index >= 15 is 0 Å². The van der Waals surface area contributed by atoms with Gasteiger partial charge in [0.2, 0.25) is 0 Å². The Morgan fingerprint density at radius 3 is 2.15 bits per heavy atom. The molecule has 2 aromatic rings. The molecule has 0 radical (unpaired) electrons. The number of halogens is 1. The third-order valence-corrected chi connectivity index (χ3v) is 3.66. The molecule has 0 bridgehead atoms. The van der Waals surface area contributed by atoms with Gasteiger partial charge in [-0.3, -0.25) is 4.68 Å². The summed E-state index contributed by atoms with van der Waals surface area (Å²) in [6, 6.07) is 5.33. The molecule has 1 aromatic carbocycles. The summed E-state index contributed by atoms with van der Waals surface area (Å²) in [5.74, 6) is 1.08. The molecule has 0 aliphatic carbocycles. The van der Waals surface area contributed by atoms with Crippen LogP contribution in [0.2, 0.25) is 5.15 Å². The number of aliphatic hydroxyl groups is 1. The lowest BCUT2D eigenvalue weighted by Crippen LogP contribution is -2.06. The third kappa shape index (κ3) is 2.34. The Bertz CT molecular complexity index is 603. The molecule has 1 N–H and O–H groups in total. The third-order valence-electron chi connectivity index (χ3n) is 3.21. The molecule has 0 saturated carbocycles. The average Bonchev–Trinajstić information content (AvgIpc) is 2.70. The van der Waals surface area contributed by atoms with Gasteiger partial charge in [0.1, 0.15) is 22.8 Å². The zero-order chi connectivity index (χ0) is 14.9. The van der Waals surface area contributed by atoms with Crippen molar-refractivity contribution >= 4 is 11.6 Å². The first kappa shape index (κ1) is 14.7. The fourth-order valence-electron chi connectivity index (χ4n) is 2.25. The number of aromatic nitrogens is 2. The molecule has 108 valence electrons. The lowest BCUT2D eigenvalue weighted by atomic mass is 10.00. The van der Waals surface area contributed by atoms with Crippen LogP contribution in [0.5, 0.6) is 11.5 Å². The van der Waals surface area contributed by atoms with Gasteiger partial charge in [0.05, 0.1) is 25.5 Å². The predicted molar refractivity (Wildman–Crippen MR) is 76.6 cm³/mol. The second-order valence-electron chi connectivity index (χ2n) is 4.39. The molecular weight excluding hydrogens is 280 g/mol. The average molecular weight is 297 g/mol. The largest absolute Gasteiger partial charge is 0.496 e. The van der Waals surface area contributed by atoms with Crippen LogP contribution in [-0.2, 0) is 7.05 Å². The second-order valence-corrected chi connectivity index (χ2v) is 4.75. The quantitative estimate of drug-likeness (QED) is 0.942. The molecule has 20 heavy (non-hydrogen) atoms. The highest BCUT2D eigenvalue weighted by atomic mass is 35.5. The Balaban J connectivity index is 2.61. The van der Waals surface area contributed by atoms with E-state index in [1.54, 1.807) is 46.4 Å². The summed E-state index contributed by atoms with van der Waals surface area (Å²) >= 11 is 6.21. The van der Waals surface area contributed by atoms with Crippen molar-refractivity contribution in [1.29, 1.82) is 0 Å². The maximum absolute atomic E-state index is 10.7. The first-order valence-electron chi connectivity index (χ1n) is 6.09. The minimum atomic E-state index is -0.970. The molecule has 1 unspecified atom stereocenters. The smallest absolute Gasteiger partial charge is 0.133 e. The topological polar surface area (TPSA) is 56.5 Å². The van der Waals surface area contributed by atoms with Gasteiger partial charge in [-0.05, 0) is 19.1 Å². The summed E-state index contributed by atoms with van der Waals surface area (Å²) < 4.78 is 12.1. The van der Waals surface area contributed by atoms with Crippen LogP contribution in [0.1, 0.15) is 22.9 Å². The van der Waals surface area contributed by atoms with E-state index in [4.69, 9.17) is 21.1 Å². The van der Waals surface area contributed by atoms with Crippen LogP contribution < -0.4 is 9.47 Å². The predicted octanol–water partition coefficient (Wildman–Crippen LogP) is 2.48. The molecule has 0 fully saturated rings. The van der Waals surface area contributed by atoms with Crippen LogP contribution >= 0.6 is 11.6 Å². The van der Waals surface area contributed by atoms with E-state index in [-0.39, 0.29) is 0 Å². The number of aliphatic hydroxyl groups excluding tert-OH is 1. The van der Waals surface area contributed by atoms with E-state index in [1.165, 1.54) is 4.68 Å². The molecule has 0 amide bonds. The Kier molecular flexibility index (Phi) is 4.20. The molecule has 1 heterocycles. The van der Waals surface area contributed by atoms with Crippen molar-refractivity contribution in [1.82, 2.24) is 9.78 Å². The molecular formula is C14H17ClN2O3. The number of rotatable bonds is 4. The lowest BCUT2D eigenvalue weighted by molar-refractivity contribution is 0.208. The number of methoxy groups -OCH3 is 2. The molecule has 0 aliphatic rings. The first-order valence-corrected chi connectivity index (χ1v) is 6.47. The van der Waals surface area contributed by atoms with Crippen LogP contribution in [0, 0.1) is 6.92 Å². The van der Waals surface area contributed by atoms with Gasteiger partial charge in [0.15, 0.2) is 0 Å². The summed E-state index contributed by atoms with van der Waals surface area (Å²) in [6.07, 6.45) is -0.970. The van der Waals surface area contributed by atoms with Gasteiger partial charge in [0, 0.05) is 12.6 Å². The van der Waals surface area contributed by atoms with E-state index in [0.29, 0.717) is 33.5 Å². The summed E-state index contributed by atoms with van der Waals surface area (Å²) in [5.41, 5.74) is 1.76. The van der Waals surface area contributed by atoms with Gasteiger partial charge in [0.25, 0.3) is 0 Å². The maximum Gasteiger partial charge on any atom is 0.133 e. The van der Waals surface area contributed by atoms with Crippen molar-refractivity contribution in [3.63, 3.8) is 0 Å². The Hall–Kier alpha value is -1.72. The van der Waals surface area contributed by atoms with Crippen LogP contribution in [0.4, 0.5) is 0 Å². The highest BCUT2D eigenvalue weighted by Crippen LogP contribution is 2.40. The Morgan fingerprint density at radius 2 is 1.75 bits per heavy atom. The second kappa shape index (κ2) is 5.73. The van der Waals surface area contributed by atoms with Crippen molar-refractivity contribution in [2.75, 3.05) is 14.2 Å². The molecule has 0 aliphatic heterocycles. The standard InChI is InChI=1S/C14H17ClN2O3/c1-8-11(14(15)17(2)16-8)13(18)12-9(19-3)6-5-7-10(12)20-4/h5-7,13,18H,1-4H3. The molecule has 6 heteroatoms. The van der Waals surface area contributed by atoms with Crippen molar-refractivity contribution in [2.45, 2.75) is 13.0 Å². The normalized spacial score (nSPS) is 12.3. The van der Waals surface area contributed by atoms with E-state index in [0.717, 1.165) is 0 Å². The van der Waals surface area contributed by atoms with Crippen molar-refractivity contribution in [2.24, 2.45) is 7.05 Å². The van der Waals surface area contributed by atoms with Crippen LogP contribution in [0.3, 0.4) is 0 Å². The first-order chi connectivity index (χ1) is 9.51. The number of aryl methyl sites for hydroxylation is 2. The fourth-order valence-corrected chi connectivity index (χ4v) is 2.53. The van der Waals surface area contributed by atoms with Crippen molar-refractivity contribution < 1.29 is 14.6 Å². The molecule has 1 atom stereocenters. The van der Waals surface area contributed by atoms with Crippen LogP contribution in [0.25, 0.3) is 0 Å². The summed E-state index contributed by atoms with van der Waals surface area (Å²) in [6.45, 7) is 1.80. The van der Waals surface area contributed by atoms with Crippen molar-refractivity contribution in [3.8, 4) is 11.5 Å². The van der Waals surface area contributed by atoms with Crippen LogP contribution in [-0.4, -0.2) is 29.1 Å². The number of ether oxygens (including phenoxy) is 2. The fraction of sp³-hybridized carbons (Fsp3) is 0.357. The van der Waals surface area contributed by atoms with Crippen LogP contribution in [0.15, 0.2) is 18.2 Å². The van der Waals surface area contributed by atoms with Gasteiger partial charge in [-0.2, -0.15) is 5.10 Å². The summed E-state index contributed by atoms with van der Waals surface area (Å²) in [4.78, 5) is 0. The minimum Gasteiger partial charge on any atom is -0.496 e. The van der Waals surface area contributed by atoms with E-state index in [2.05, 4.69) is 5.10 Å². The van der Waals surface area contributed by atoms with E-state index in [1.807, 2.05) is 0 Å². The zero-order valence-corrected chi connectivity index (χ0v) is 12.6. The SMILES string of the molecule is COc1cccc(OC)c1C(O)c1c(C)nn(C)c1Cl. The Morgan fingerprint density at radius 1 is 1.20 bits per heavy atom. The van der Waals surface area contributed by atoms with Gasteiger partial charge < -0.3 is 14.6 Å². The van der Waals surface area contributed by atoms with Gasteiger partial charge in [-0.1, -0.05) is 17.7 Å². The highest BCUT2D eigenvalue weighted by molar-refractivity contribution is 6.30. The molecule has 5 nitrogen and oxygen atoms in total. The Labute approximate surface area is 122 Å². The van der Waals surface area contributed by atoms with Crippen molar-refractivity contribution in [3.05, 3.63) is 40.2 Å². The maximum atomic E-state index is 10.7. The van der Waals surface area contributed by atoms with Gasteiger partial charge >= 0.3 is 0 Å². The number of hydrogen-bond donors (Lipinski definition) is 1. The summed E-state index contributed by atoms with van der Waals surface area (Å²) in [5, 5.41) is 15.3. The summed E-state index contributed by atoms with van der Waals surface area (Å²) in [7, 11) is 4.82. The molecule has 0 spiro atoms. The zero-order valence-electron chi connectivity index (χ0n) is 11.8. The monoisotopic (exact) mass is 296 g/mol. The lowest BCUT2D eigenvalue weighted by Gasteiger charge is -2.18. The van der Waals surface area contributed by atoms with Gasteiger partial charge in [-0.25, -0.2) is 0 Å². The van der Waals surface area contributed by atoms with E-state index in [9.17, 15) is 5.11 Å². The molecule has 0 saturated heterocycles. The van der Waals surface area contributed by atoms with Gasteiger partial charge in [-0.15, -0.1) is 0 Å². The highest BCUT2D eigenvalue weighted by Gasteiger charge is 2.26. The molecule has 2 rings (SSSR count). The number of nitrogens with zero attached hydrogens (tertiary/aromatic N) is 2. The molecule has 1 aromatic heterocycles.